The van der Waals surface area contributed by atoms with Crippen LogP contribution in [0.25, 0.3) is 11.3 Å². The van der Waals surface area contributed by atoms with Crippen molar-refractivity contribution in [3.05, 3.63) is 90.9 Å². The normalized spacial score (nSPS) is 15.4. The van der Waals surface area contributed by atoms with Crippen LogP contribution in [0.4, 0.5) is 16.0 Å². The monoisotopic (exact) mass is 487 g/mol. The van der Waals surface area contributed by atoms with E-state index in [1.807, 2.05) is 60.7 Å². The topological polar surface area (TPSA) is 71.1 Å². The minimum absolute atomic E-state index is 0.147. The fourth-order valence-electron chi connectivity index (χ4n) is 3.88. The van der Waals surface area contributed by atoms with Crippen molar-refractivity contribution >= 4 is 23.6 Å². The first-order valence-electron chi connectivity index (χ1n) is 11.6. The second-order valence-corrected chi connectivity index (χ2v) is 9.09. The Kier molecular flexibility index (Phi) is 7.41. The first-order valence-corrected chi connectivity index (χ1v) is 12.4. The Morgan fingerprint density at radius 1 is 0.971 bits per heavy atom. The van der Waals surface area contributed by atoms with Gasteiger partial charge < -0.3 is 20.1 Å². The summed E-state index contributed by atoms with van der Waals surface area (Å²) in [6.45, 7) is 1.94. The highest BCUT2D eigenvalue weighted by Gasteiger charge is 2.16. The van der Waals surface area contributed by atoms with E-state index >= 15 is 0 Å². The fourth-order valence-corrected chi connectivity index (χ4v) is 4.53. The Balaban J connectivity index is 1.31. The van der Waals surface area contributed by atoms with E-state index < -0.39 is 5.82 Å². The molecule has 2 heterocycles. The molecule has 6 nitrogen and oxygen atoms in total. The number of hydrogen-bond donors (Lipinski definition) is 3. The number of aromatic nitrogens is 2. The quantitative estimate of drug-likeness (QED) is 0.250. The molecular formula is C27H26FN5OS. The molecule has 0 radical (unpaired) electrons. The van der Waals surface area contributed by atoms with Crippen molar-refractivity contribution in [2.45, 2.75) is 23.8 Å². The van der Waals surface area contributed by atoms with Gasteiger partial charge in [-0.3, -0.25) is 0 Å². The van der Waals surface area contributed by atoms with Gasteiger partial charge in [-0.05, 0) is 73.8 Å². The molecule has 1 fully saturated rings. The maximum absolute atomic E-state index is 14.9. The molecule has 0 aliphatic carbocycles. The van der Waals surface area contributed by atoms with E-state index in [1.54, 1.807) is 18.3 Å². The Hall–Kier alpha value is -3.62. The van der Waals surface area contributed by atoms with Gasteiger partial charge in [-0.1, -0.05) is 30.3 Å². The van der Waals surface area contributed by atoms with Crippen molar-refractivity contribution in [2.75, 3.05) is 23.1 Å². The minimum atomic E-state index is -0.451. The highest BCUT2D eigenvalue weighted by atomic mass is 32.2. The van der Waals surface area contributed by atoms with Gasteiger partial charge >= 0.3 is 0 Å². The van der Waals surface area contributed by atoms with E-state index in [0.29, 0.717) is 29.1 Å². The van der Waals surface area contributed by atoms with Crippen LogP contribution in [0.5, 0.6) is 11.5 Å². The molecule has 0 saturated carbocycles. The molecule has 0 bridgehead atoms. The third-order valence-electron chi connectivity index (χ3n) is 5.63. The Labute approximate surface area is 208 Å². The number of nitrogens with zero attached hydrogens (tertiary/aromatic N) is 2. The van der Waals surface area contributed by atoms with Gasteiger partial charge in [0.05, 0.1) is 5.69 Å². The molecule has 178 valence electrons. The largest absolute Gasteiger partial charge is 0.454 e. The van der Waals surface area contributed by atoms with Crippen LogP contribution in [0.1, 0.15) is 12.8 Å². The number of piperidine rings is 1. The van der Waals surface area contributed by atoms with Crippen molar-refractivity contribution in [3.63, 3.8) is 0 Å². The number of para-hydroxylation sites is 1. The van der Waals surface area contributed by atoms with E-state index in [9.17, 15) is 4.39 Å². The number of anilines is 2. The Bertz CT molecular complexity index is 1270. The molecule has 1 saturated heterocycles. The fraction of sp³-hybridized carbons (Fsp3) is 0.185. The molecule has 3 N–H and O–H groups in total. The third-order valence-corrected chi connectivity index (χ3v) is 6.48. The lowest BCUT2D eigenvalue weighted by molar-refractivity contribution is 0.444. The molecule has 0 spiro atoms. The highest BCUT2D eigenvalue weighted by Crippen LogP contribution is 2.34. The lowest BCUT2D eigenvalue weighted by atomic mass is 10.1. The van der Waals surface area contributed by atoms with E-state index in [2.05, 4.69) is 20.3 Å². The van der Waals surface area contributed by atoms with Crippen LogP contribution in [0.3, 0.4) is 0 Å². The van der Waals surface area contributed by atoms with Crippen molar-refractivity contribution in [1.29, 1.82) is 0 Å². The molecule has 1 unspecified atom stereocenters. The molecule has 1 atom stereocenters. The summed E-state index contributed by atoms with van der Waals surface area (Å²) in [6, 6.07) is 24.3. The molecule has 1 aliphatic heterocycles. The molecule has 8 heteroatoms. The Morgan fingerprint density at radius 2 is 1.83 bits per heavy atom. The number of benzene rings is 3. The van der Waals surface area contributed by atoms with E-state index in [0.717, 1.165) is 36.4 Å². The third kappa shape index (κ3) is 6.09. The smallest absolute Gasteiger partial charge is 0.223 e. The van der Waals surface area contributed by atoms with Crippen LogP contribution in [0.2, 0.25) is 0 Å². The average molecular weight is 488 g/mol. The summed E-state index contributed by atoms with van der Waals surface area (Å²) in [5, 5.41) is 6.79. The second-order valence-electron chi connectivity index (χ2n) is 8.21. The van der Waals surface area contributed by atoms with Crippen LogP contribution >= 0.6 is 11.9 Å². The predicted octanol–water partition coefficient (Wildman–Crippen LogP) is 6.36. The van der Waals surface area contributed by atoms with Crippen molar-refractivity contribution in [2.24, 2.45) is 0 Å². The van der Waals surface area contributed by atoms with Gasteiger partial charge in [-0.2, -0.15) is 0 Å². The summed E-state index contributed by atoms with van der Waals surface area (Å²) in [5.41, 5.74) is 2.13. The molecule has 35 heavy (non-hydrogen) atoms. The Morgan fingerprint density at radius 3 is 2.66 bits per heavy atom. The lowest BCUT2D eigenvalue weighted by Gasteiger charge is -2.23. The van der Waals surface area contributed by atoms with E-state index in [4.69, 9.17) is 9.72 Å². The van der Waals surface area contributed by atoms with Gasteiger partial charge in [0.1, 0.15) is 5.75 Å². The predicted molar refractivity (Wildman–Crippen MR) is 139 cm³/mol. The zero-order chi connectivity index (χ0) is 23.9. The van der Waals surface area contributed by atoms with Crippen LogP contribution in [-0.4, -0.2) is 29.1 Å². The lowest BCUT2D eigenvalue weighted by Crippen LogP contribution is -2.38. The first-order chi connectivity index (χ1) is 17.2. The van der Waals surface area contributed by atoms with Gasteiger partial charge in [-0.15, -0.1) is 0 Å². The minimum Gasteiger partial charge on any atom is -0.454 e. The zero-order valence-corrected chi connectivity index (χ0v) is 19.9. The number of halogens is 1. The molecule has 1 aromatic heterocycles. The molecule has 4 aromatic rings. The number of ether oxygens (including phenoxy) is 1. The second kappa shape index (κ2) is 11.2. The number of rotatable bonds is 8. The van der Waals surface area contributed by atoms with Gasteiger partial charge in [0, 0.05) is 41.0 Å². The standard InChI is InChI=1S/C27H26FN5OS/c28-23-17-19(33-35-21-8-2-1-3-9-21)12-13-26(23)34-25-11-5-4-10-22(25)24-14-16-30-27(32-24)31-20-7-6-15-29-18-20/h1-5,8-14,16-17,20,29,33H,6-7,15,18H2,(H,30,31,32). The van der Waals surface area contributed by atoms with E-state index in [1.165, 1.54) is 18.0 Å². The van der Waals surface area contributed by atoms with Crippen LogP contribution in [0, 0.1) is 5.82 Å². The maximum Gasteiger partial charge on any atom is 0.223 e. The van der Waals surface area contributed by atoms with Crippen molar-refractivity contribution in [1.82, 2.24) is 15.3 Å². The zero-order valence-electron chi connectivity index (χ0n) is 19.1. The molecule has 0 amide bonds. The molecule has 5 rings (SSSR count). The number of hydrogen-bond acceptors (Lipinski definition) is 7. The maximum atomic E-state index is 14.9. The summed E-state index contributed by atoms with van der Waals surface area (Å²) in [6.07, 6.45) is 3.93. The summed E-state index contributed by atoms with van der Waals surface area (Å²) >= 11 is 1.42. The number of nitrogens with one attached hydrogen (secondary N) is 3. The van der Waals surface area contributed by atoms with Crippen molar-refractivity contribution in [3.8, 4) is 22.8 Å². The van der Waals surface area contributed by atoms with Crippen molar-refractivity contribution < 1.29 is 9.13 Å². The summed E-state index contributed by atoms with van der Waals surface area (Å²) in [5.74, 6) is 0.792. The summed E-state index contributed by atoms with van der Waals surface area (Å²) in [4.78, 5) is 10.1. The SMILES string of the molecule is Fc1cc(NSc2ccccc2)ccc1Oc1ccccc1-c1ccnc(NC2CCCNC2)n1. The molecular weight excluding hydrogens is 461 g/mol. The van der Waals surface area contributed by atoms with Crippen LogP contribution in [0.15, 0.2) is 90.0 Å². The first kappa shape index (κ1) is 23.1. The van der Waals surface area contributed by atoms with Crippen LogP contribution in [-0.2, 0) is 0 Å². The van der Waals surface area contributed by atoms with Gasteiger partial charge in [0.25, 0.3) is 0 Å². The van der Waals surface area contributed by atoms with Gasteiger partial charge in [-0.25, -0.2) is 14.4 Å². The van der Waals surface area contributed by atoms with Gasteiger partial charge in [0.15, 0.2) is 11.6 Å². The van der Waals surface area contributed by atoms with Gasteiger partial charge in [0.2, 0.25) is 5.95 Å². The summed E-state index contributed by atoms with van der Waals surface area (Å²) < 4.78 is 24.1. The molecule has 1 aliphatic rings. The molecule has 3 aromatic carbocycles. The van der Waals surface area contributed by atoms with E-state index in [-0.39, 0.29) is 5.75 Å². The summed E-state index contributed by atoms with van der Waals surface area (Å²) in [7, 11) is 0. The highest BCUT2D eigenvalue weighted by molar-refractivity contribution is 8.00. The average Bonchev–Trinajstić information content (AvgIpc) is 2.90. The van der Waals surface area contributed by atoms with Crippen LogP contribution < -0.4 is 20.1 Å².